The van der Waals surface area contributed by atoms with Crippen LogP contribution in [0.4, 0.5) is 0 Å². The number of likely N-dealkylation sites (N-methyl/N-ethyl adjacent to an activating group) is 1. The van der Waals surface area contributed by atoms with Gasteiger partial charge in [0.25, 0.3) is 0 Å². The Morgan fingerprint density at radius 2 is 1.91 bits per heavy atom. The van der Waals surface area contributed by atoms with E-state index in [1.165, 1.54) is 16.7 Å². The molecule has 0 aromatic rings. The van der Waals surface area contributed by atoms with Crippen molar-refractivity contribution >= 4 is 35.3 Å². The Bertz CT molecular complexity index is 933. The second-order valence-corrected chi connectivity index (χ2v) is 11.6. The molecule has 8 atom stereocenters. The number of Topliss-reactive ketones (excluding diaryl/α,β-unsaturated/α-hetero) is 1. The second kappa shape index (κ2) is 10.2. The number of carboxylic acids is 1. The third kappa shape index (κ3) is 4.74. The van der Waals surface area contributed by atoms with Crippen molar-refractivity contribution in [1.82, 2.24) is 20.4 Å². The van der Waals surface area contributed by atoms with E-state index in [2.05, 4.69) is 10.6 Å². The molecule has 7 N–H and O–H groups in total. The first kappa shape index (κ1) is 26.1. The first-order chi connectivity index (χ1) is 16.5. The molecule has 0 aromatic carbocycles. The number of ketones is 1. The number of fused-ring (bicyclic) bond motifs is 1. The highest BCUT2D eigenvalue weighted by Gasteiger charge is 2.60. The fourth-order valence-electron chi connectivity index (χ4n) is 5.94. The minimum absolute atomic E-state index is 0.00239. The Balaban J connectivity index is 1.43. The van der Waals surface area contributed by atoms with Crippen LogP contribution in [0.3, 0.4) is 0 Å². The minimum atomic E-state index is -1.12. The number of β-lactam (4-membered cyclic amide) rings is 1. The molecule has 0 aromatic heterocycles. The van der Waals surface area contributed by atoms with Gasteiger partial charge in [0.2, 0.25) is 11.8 Å². The largest absolute Gasteiger partial charge is 0.477 e. The molecule has 4 aliphatic rings. The Labute approximate surface area is 209 Å². The van der Waals surface area contributed by atoms with Gasteiger partial charge in [-0.25, -0.2) is 4.79 Å². The maximum absolute atomic E-state index is 13.0. The van der Waals surface area contributed by atoms with Crippen molar-refractivity contribution in [3.05, 3.63) is 10.6 Å². The number of carbonyl (C=O) groups excluding carboxylic acids is 3. The van der Waals surface area contributed by atoms with Crippen molar-refractivity contribution in [2.75, 3.05) is 33.2 Å². The molecule has 0 spiro atoms. The van der Waals surface area contributed by atoms with E-state index in [1.54, 1.807) is 11.9 Å². The average Bonchev–Trinajstić information content (AvgIpc) is 3.45. The number of rotatable bonds is 9. The van der Waals surface area contributed by atoms with E-state index in [1.807, 2.05) is 13.8 Å². The molecular formula is C23H36N6O5S. The minimum Gasteiger partial charge on any atom is -0.477 e. The van der Waals surface area contributed by atoms with Crippen molar-refractivity contribution in [2.24, 2.45) is 29.2 Å². The summed E-state index contributed by atoms with van der Waals surface area (Å²) in [6, 6.07) is -1.06. The van der Waals surface area contributed by atoms with E-state index in [4.69, 9.17) is 11.5 Å². The predicted molar refractivity (Wildman–Crippen MR) is 131 cm³/mol. The fraction of sp³-hybridized carbons (Fsp3) is 0.739. The third-order valence-corrected chi connectivity index (χ3v) is 9.25. The van der Waals surface area contributed by atoms with Gasteiger partial charge in [0.1, 0.15) is 11.5 Å². The SMILES string of the molecule is CNCC(=O)C[C@H](C)[C@H]1C(=O)N2C(C(=O)O)=C(SC3CN[C@H](C(=O)N4C[C@@H](N)[C@@H](N)C4)C3)[C@H](C)[C@H]12. The number of nitrogens with one attached hydrogen (secondary N) is 2. The zero-order chi connectivity index (χ0) is 25.6. The molecular weight excluding hydrogens is 472 g/mol. The number of carboxylic acid groups (broad SMARTS) is 1. The molecule has 4 aliphatic heterocycles. The van der Waals surface area contributed by atoms with Gasteiger partial charge in [-0.2, -0.15) is 0 Å². The number of thioether (sulfide) groups is 1. The van der Waals surface area contributed by atoms with Gasteiger partial charge in [0, 0.05) is 54.2 Å². The van der Waals surface area contributed by atoms with Crippen LogP contribution in [0, 0.1) is 17.8 Å². The summed E-state index contributed by atoms with van der Waals surface area (Å²) in [4.78, 5) is 54.0. The lowest BCUT2D eigenvalue weighted by Gasteiger charge is -2.47. The third-order valence-electron chi connectivity index (χ3n) is 7.73. The second-order valence-electron chi connectivity index (χ2n) is 10.3. The maximum atomic E-state index is 13.0. The van der Waals surface area contributed by atoms with Gasteiger partial charge >= 0.3 is 5.97 Å². The summed E-state index contributed by atoms with van der Waals surface area (Å²) < 4.78 is 0. The van der Waals surface area contributed by atoms with Gasteiger partial charge in [-0.3, -0.25) is 14.4 Å². The van der Waals surface area contributed by atoms with Crippen molar-refractivity contribution in [3.8, 4) is 0 Å². The van der Waals surface area contributed by atoms with Crippen LogP contribution in [-0.2, 0) is 19.2 Å². The number of amides is 2. The van der Waals surface area contributed by atoms with Crippen LogP contribution < -0.4 is 22.1 Å². The number of aliphatic carboxylic acids is 1. The van der Waals surface area contributed by atoms with Crippen molar-refractivity contribution in [3.63, 3.8) is 0 Å². The summed E-state index contributed by atoms with van der Waals surface area (Å²) in [5.74, 6) is -2.03. The Morgan fingerprint density at radius 1 is 1.26 bits per heavy atom. The molecule has 3 saturated heterocycles. The Kier molecular flexibility index (Phi) is 7.58. The molecule has 0 bridgehead atoms. The number of hydrogen-bond acceptors (Lipinski definition) is 9. The summed E-state index contributed by atoms with van der Waals surface area (Å²) in [5.41, 5.74) is 12.0. The van der Waals surface area contributed by atoms with Crippen LogP contribution >= 0.6 is 11.8 Å². The lowest BCUT2D eigenvalue weighted by Crippen LogP contribution is -2.62. The van der Waals surface area contributed by atoms with Crippen molar-refractivity contribution in [1.29, 1.82) is 0 Å². The first-order valence-corrected chi connectivity index (χ1v) is 13.1. The first-order valence-electron chi connectivity index (χ1n) is 12.2. The van der Waals surface area contributed by atoms with E-state index in [9.17, 15) is 24.3 Å². The van der Waals surface area contributed by atoms with Crippen LogP contribution in [0.1, 0.15) is 26.7 Å². The van der Waals surface area contributed by atoms with E-state index < -0.39 is 5.97 Å². The smallest absolute Gasteiger partial charge is 0.353 e. The van der Waals surface area contributed by atoms with E-state index in [0.29, 0.717) is 31.0 Å². The Hall–Kier alpha value is -1.99. The van der Waals surface area contributed by atoms with Crippen molar-refractivity contribution < 1.29 is 24.3 Å². The van der Waals surface area contributed by atoms with E-state index in [-0.39, 0.29) is 83.4 Å². The number of nitrogens with two attached hydrogens (primary N) is 2. The molecule has 0 radical (unpaired) electrons. The van der Waals surface area contributed by atoms with Gasteiger partial charge in [0.15, 0.2) is 0 Å². The molecule has 11 nitrogen and oxygen atoms in total. The topological polar surface area (TPSA) is 171 Å². The molecule has 2 amide bonds. The molecule has 35 heavy (non-hydrogen) atoms. The lowest BCUT2D eigenvalue weighted by atomic mass is 9.73. The van der Waals surface area contributed by atoms with E-state index in [0.717, 1.165) is 0 Å². The van der Waals surface area contributed by atoms with Crippen LogP contribution in [0.25, 0.3) is 0 Å². The molecule has 4 heterocycles. The van der Waals surface area contributed by atoms with Gasteiger partial charge in [-0.05, 0) is 19.4 Å². The maximum Gasteiger partial charge on any atom is 0.353 e. The number of nitrogens with zero attached hydrogens (tertiary/aromatic N) is 2. The average molecular weight is 509 g/mol. The highest BCUT2D eigenvalue weighted by molar-refractivity contribution is 8.03. The normalized spacial score (nSPS) is 35.3. The summed E-state index contributed by atoms with van der Waals surface area (Å²) in [6.07, 6.45) is 0.837. The molecule has 1 unspecified atom stereocenters. The molecule has 0 saturated carbocycles. The summed E-state index contributed by atoms with van der Waals surface area (Å²) >= 11 is 1.45. The predicted octanol–water partition coefficient (Wildman–Crippen LogP) is -1.47. The molecule has 194 valence electrons. The van der Waals surface area contributed by atoms with Gasteiger partial charge in [-0.15, -0.1) is 11.8 Å². The summed E-state index contributed by atoms with van der Waals surface area (Å²) in [5, 5.41) is 16.1. The molecule has 12 heteroatoms. The fourth-order valence-corrected chi connectivity index (χ4v) is 7.42. The zero-order valence-electron chi connectivity index (χ0n) is 20.4. The van der Waals surface area contributed by atoms with Crippen LogP contribution in [0.2, 0.25) is 0 Å². The molecule has 0 aliphatic carbocycles. The van der Waals surface area contributed by atoms with Crippen LogP contribution in [-0.4, -0.2) is 101 Å². The van der Waals surface area contributed by atoms with Crippen molar-refractivity contribution in [2.45, 2.75) is 56.1 Å². The number of carbonyl (C=O) groups is 4. The van der Waals surface area contributed by atoms with Gasteiger partial charge < -0.3 is 37.0 Å². The van der Waals surface area contributed by atoms with Gasteiger partial charge in [-0.1, -0.05) is 13.8 Å². The van der Waals surface area contributed by atoms with Crippen LogP contribution in [0.15, 0.2) is 10.6 Å². The number of hydrogen-bond donors (Lipinski definition) is 5. The summed E-state index contributed by atoms with van der Waals surface area (Å²) in [6.45, 7) is 5.54. The highest BCUT2D eigenvalue weighted by Crippen LogP contribution is 2.53. The monoisotopic (exact) mass is 508 g/mol. The van der Waals surface area contributed by atoms with Gasteiger partial charge in [0.05, 0.1) is 24.5 Å². The quantitative estimate of drug-likeness (QED) is 0.232. The highest BCUT2D eigenvalue weighted by atomic mass is 32.2. The summed E-state index contributed by atoms with van der Waals surface area (Å²) in [7, 11) is 1.70. The lowest BCUT2D eigenvalue weighted by molar-refractivity contribution is -0.160. The number of likely N-dealkylation sites (tertiary alicyclic amines) is 1. The Morgan fingerprint density at radius 3 is 2.51 bits per heavy atom. The molecule has 3 fully saturated rings. The standard InChI is InChI=1S/C23H36N6O5S/c1-10(4-12(30)6-26-3)17-18-11(2)20(19(23(33)34)29(18)22(17)32)35-13-5-16(27-7-13)21(31)28-8-14(24)15(25)9-28/h10-11,13-18,26-27H,4-9,24-25H2,1-3H3,(H,33,34)/t10-,11+,13?,14-,15+,16-,17+,18+/m0/s1. The molecule has 4 rings (SSSR count). The van der Waals surface area contributed by atoms with Crippen LogP contribution in [0.5, 0.6) is 0 Å². The van der Waals surface area contributed by atoms with E-state index >= 15 is 0 Å². The zero-order valence-corrected chi connectivity index (χ0v) is 21.2.